The van der Waals surface area contributed by atoms with Gasteiger partial charge in [0.2, 0.25) is 0 Å². The molecule has 0 saturated heterocycles. The Kier molecular flexibility index (Phi) is 2.42. The van der Waals surface area contributed by atoms with Crippen LogP contribution in [0.4, 0.5) is 13.2 Å². The minimum Gasteiger partial charge on any atom is -0.251 e. The van der Waals surface area contributed by atoms with Crippen molar-refractivity contribution in [1.29, 1.82) is 0 Å². The van der Waals surface area contributed by atoms with Crippen molar-refractivity contribution in [2.45, 2.75) is 6.18 Å². The Morgan fingerprint density at radius 2 is 1.93 bits per heavy atom. The van der Waals surface area contributed by atoms with Crippen LogP contribution < -0.4 is 0 Å². The van der Waals surface area contributed by atoms with Crippen molar-refractivity contribution < 1.29 is 13.2 Å². The molecule has 1 nitrogen and oxygen atoms in total. The second-order valence-corrected chi connectivity index (χ2v) is 3.88. The van der Waals surface area contributed by atoms with E-state index >= 15 is 0 Å². The van der Waals surface area contributed by atoms with Crippen molar-refractivity contribution in [2.24, 2.45) is 0 Å². The average Bonchev–Trinajstić information content (AvgIpc) is 2.16. The fourth-order valence-corrected chi connectivity index (χ4v) is 1.78. The molecule has 1 aromatic heterocycles. The largest absolute Gasteiger partial charge is 0.433 e. The lowest BCUT2D eigenvalue weighted by Gasteiger charge is -2.07. The minimum absolute atomic E-state index is 0.514. The zero-order chi connectivity index (χ0) is 11.1. The molecule has 2 rings (SSSR count). The summed E-state index contributed by atoms with van der Waals surface area (Å²) >= 11 is 3.20. The summed E-state index contributed by atoms with van der Waals surface area (Å²) in [6, 6.07) is 6.20. The highest BCUT2D eigenvalue weighted by atomic mass is 79.9. The van der Waals surface area contributed by atoms with E-state index in [1.54, 1.807) is 18.2 Å². The highest BCUT2D eigenvalue weighted by Gasteiger charge is 2.32. The molecule has 0 aliphatic heterocycles. The first-order valence-corrected chi connectivity index (χ1v) is 4.89. The maximum absolute atomic E-state index is 12.4. The molecule has 0 aliphatic carbocycles. The molecule has 1 heterocycles. The van der Waals surface area contributed by atoms with E-state index in [0.717, 1.165) is 6.07 Å². The maximum Gasteiger partial charge on any atom is 0.433 e. The van der Waals surface area contributed by atoms with Gasteiger partial charge in [-0.15, -0.1) is 0 Å². The van der Waals surface area contributed by atoms with E-state index in [1.165, 1.54) is 6.20 Å². The van der Waals surface area contributed by atoms with Gasteiger partial charge in [-0.3, -0.25) is 4.98 Å². The molecule has 0 bridgehead atoms. The summed E-state index contributed by atoms with van der Waals surface area (Å²) in [6.45, 7) is 0. The number of nitrogens with zero attached hydrogens (tertiary/aromatic N) is 1. The first-order chi connectivity index (χ1) is 6.98. The Bertz CT molecular complexity index is 507. The van der Waals surface area contributed by atoms with Gasteiger partial charge in [0.25, 0.3) is 0 Å². The predicted octanol–water partition coefficient (Wildman–Crippen LogP) is 4.02. The van der Waals surface area contributed by atoms with Crippen LogP contribution in [0.5, 0.6) is 0 Å². The molecule has 5 heteroatoms. The van der Waals surface area contributed by atoms with E-state index in [9.17, 15) is 13.2 Å². The molecule has 0 amide bonds. The Balaban J connectivity index is 2.70. The van der Waals surface area contributed by atoms with Gasteiger partial charge in [-0.2, -0.15) is 13.2 Å². The fourth-order valence-electron chi connectivity index (χ4n) is 1.29. The molecule has 0 aliphatic rings. The maximum atomic E-state index is 12.4. The van der Waals surface area contributed by atoms with E-state index in [1.807, 2.05) is 0 Å². The number of rotatable bonds is 0. The molecular weight excluding hydrogens is 271 g/mol. The summed E-state index contributed by atoms with van der Waals surface area (Å²) < 4.78 is 37.7. The molecule has 15 heavy (non-hydrogen) atoms. The molecular formula is C10H5BrF3N. The van der Waals surface area contributed by atoms with Gasteiger partial charge in [0.1, 0.15) is 5.69 Å². The number of aromatic nitrogens is 1. The van der Waals surface area contributed by atoms with Crippen LogP contribution in [0.3, 0.4) is 0 Å². The molecule has 0 N–H and O–H groups in total. The smallest absolute Gasteiger partial charge is 0.251 e. The Morgan fingerprint density at radius 3 is 2.60 bits per heavy atom. The number of halogens is 4. The van der Waals surface area contributed by atoms with Crippen molar-refractivity contribution in [3.05, 3.63) is 40.6 Å². The molecule has 0 radical (unpaired) electrons. The highest BCUT2D eigenvalue weighted by Crippen LogP contribution is 2.31. The zero-order valence-corrected chi connectivity index (χ0v) is 8.93. The van der Waals surface area contributed by atoms with Gasteiger partial charge in [-0.25, -0.2) is 0 Å². The fraction of sp³-hybridized carbons (Fsp3) is 0.100. The second-order valence-electron chi connectivity index (χ2n) is 3.03. The molecule has 1 aromatic carbocycles. The monoisotopic (exact) mass is 275 g/mol. The van der Waals surface area contributed by atoms with Crippen molar-refractivity contribution in [2.75, 3.05) is 0 Å². The Hall–Kier alpha value is -1.10. The Labute approximate surface area is 92.1 Å². The first kappa shape index (κ1) is 10.4. The third-order valence-electron chi connectivity index (χ3n) is 2.00. The van der Waals surface area contributed by atoms with Crippen molar-refractivity contribution in [3.8, 4) is 0 Å². The first-order valence-electron chi connectivity index (χ1n) is 4.10. The summed E-state index contributed by atoms with van der Waals surface area (Å²) in [7, 11) is 0. The van der Waals surface area contributed by atoms with Gasteiger partial charge in [0, 0.05) is 16.1 Å². The van der Waals surface area contributed by atoms with E-state index in [2.05, 4.69) is 20.9 Å². The zero-order valence-electron chi connectivity index (χ0n) is 7.35. The van der Waals surface area contributed by atoms with Crippen molar-refractivity contribution >= 4 is 26.7 Å². The van der Waals surface area contributed by atoms with Gasteiger partial charge < -0.3 is 0 Å². The Morgan fingerprint density at radius 1 is 1.20 bits per heavy atom. The third-order valence-corrected chi connectivity index (χ3v) is 2.69. The van der Waals surface area contributed by atoms with Crippen LogP contribution in [0, 0.1) is 0 Å². The van der Waals surface area contributed by atoms with Crippen molar-refractivity contribution in [1.82, 2.24) is 4.98 Å². The molecule has 78 valence electrons. The summed E-state index contributed by atoms with van der Waals surface area (Å²) in [5.74, 6) is 0. The van der Waals surface area contributed by atoms with Gasteiger partial charge in [-0.05, 0) is 17.5 Å². The van der Waals surface area contributed by atoms with Crippen LogP contribution in [0.1, 0.15) is 5.69 Å². The lowest BCUT2D eigenvalue weighted by molar-refractivity contribution is -0.141. The number of hydrogen-bond acceptors (Lipinski definition) is 1. The van der Waals surface area contributed by atoms with Crippen LogP contribution in [-0.2, 0) is 6.18 Å². The van der Waals surface area contributed by atoms with E-state index in [4.69, 9.17) is 0 Å². The predicted molar refractivity (Wildman–Crippen MR) is 54.4 cm³/mol. The normalized spacial score (nSPS) is 12.0. The van der Waals surface area contributed by atoms with Gasteiger partial charge in [-0.1, -0.05) is 28.1 Å². The standard InChI is InChI=1S/C10H5BrF3N/c11-8-3-1-2-6-5-15-9(4-7(6)8)10(12,13)14/h1-5H. The number of hydrogen-bond donors (Lipinski definition) is 0. The van der Waals surface area contributed by atoms with Crippen LogP contribution >= 0.6 is 15.9 Å². The van der Waals surface area contributed by atoms with Gasteiger partial charge in [0.15, 0.2) is 0 Å². The molecule has 0 fully saturated rings. The number of fused-ring (bicyclic) bond motifs is 1. The lowest BCUT2D eigenvalue weighted by atomic mass is 10.1. The average molecular weight is 276 g/mol. The summed E-state index contributed by atoms with van der Waals surface area (Å²) in [5.41, 5.74) is -0.873. The number of alkyl halides is 3. The molecule has 0 saturated carbocycles. The van der Waals surface area contributed by atoms with Gasteiger partial charge in [0.05, 0.1) is 0 Å². The van der Waals surface area contributed by atoms with E-state index in [0.29, 0.717) is 15.2 Å². The highest BCUT2D eigenvalue weighted by molar-refractivity contribution is 9.10. The SMILES string of the molecule is FC(F)(F)c1cc2c(Br)cccc2cn1. The number of pyridine rings is 1. The van der Waals surface area contributed by atoms with Gasteiger partial charge >= 0.3 is 6.18 Å². The number of benzene rings is 1. The third kappa shape index (κ3) is 1.97. The minimum atomic E-state index is -4.40. The molecule has 0 atom stereocenters. The quantitative estimate of drug-likeness (QED) is 0.708. The van der Waals surface area contributed by atoms with E-state index < -0.39 is 11.9 Å². The summed E-state index contributed by atoms with van der Waals surface area (Å²) in [5, 5.41) is 1.19. The second kappa shape index (κ2) is 3.48. The molecule has 2 aromatic rings. The topological polar surface area (TPSA) is 12.9 Å². The lowest BCUT2D eigenvalue weighted by Crippen LogP contribution is -2.07. The molecule has 0 spiro atoms. The van der Waals surface area contributed by atoms with Crippen LogP contribution in [0.15, 0.2) is 34.9 Å². The van der Waals surface area contributed by atoms with Crippen LogP contribution in [0.25, 0.3) is 10.8 Å². The van der Waals surface area contributed by atoms with Crippen molar-refractivity contribution in [3.63, 3.8) is 0 Å². The van der Waals surface area contributed by atoms with Crippen LogP contribution in [0.2, 0.25) is 0 Å². The van der Waals surface area contributed by atoms with E-state index in [-0.39, 0.29) is 0 Å². The molecule has 0 unspecified atom stereocenters. The summed E-state index contributed by atoms with van der Waals surface area (Å²) in [4.78, 5) is 3.37. The van der Waals surface area contributed by atoms with Crippen LogP contribution in [-0.4, -0.2) is 4.98 Å². The summed E-state index contributed by atoms with van der Waals surface area (Å²) in [6.07, 6.45) is -3.17.